The van der Waals surface area contributed by atoms with Gasteiger partial charge in [0.25, 0.3) is 0 Å². The number of anilines is 1. The van der Waals surface area contributed by atoms with Crippen molar-refractivity contribution in [2.24, 2.45) is 17.0 Å². The summed E-state index contributed by atoms with van der Waals surface area (Å²) in [6, 6.07) is 0. The topological polar surface area (TPSA) is 86.8 Å². The lowest BCUT2D eigenvalue weighted by Gasteiger charge is -2.19. The molecule has 0 radical (unpaired) electrons. The van der Waals surface area contributed by atoms with Crippen LogP contribution in [0.2, 0.25) is 0 Å². The summed E-state index contributed by atoms with van der Waals surface area (Å²) < 4.78 is 5.02. The number of ether oxygens (including phenoxy) is 1. The smallest absolute Gasteiger partial charge is 0.362 e. The quantitative estimate of drug-likeness (QED) is 0.512. The van der Waals surface area contributed by atoms with Gasteiger partial charge in [0.05, 0.1) is 6.61 Å². The minimum atomic E-state index is -0.522. The van der Waals surface area contributed by atoms with E-state index in [2.05, 4.69) is 10.1 Å². The third kappa shape index (κ3) is 3.02. The highest BCUT2D eigenvalue weighted by atomic mass is 32.1. The molecule has 7 heteroatoms. The molecule has 3 rings (SSSR count). The molecule has 1 aromatic heterocycles. The van der Waals surface area contributed by atoms with Crippen LogP contribution in [0.5, 0.6) is 0 Å². The van der Waals surface area contributed by atoms with E-state index in [0.717, 1.165) is 12.3 Å². The van der Waals surface area contributed by atoms with Crippen LogP contribution in [0.1, 0.15) is 38.3 Å². The van der Waals surface area contributed by atoms with E-state index in [1.165, 1.54) is 30.6 Å². The van der Waals surface area contributed by atoms with E-state index in [1.807, 2.05) is 0 Å². The summed E-state index contributed by atoms with van der Waals surface area (Å²) in [5.41, 5.74) is 6.14. The van der Waals surface area contributed by atoms with Gasteiger partial charge < -0.3 is 15.3 Å². The van der Waals surface area contributed by atoms with E-state index in [9.17, 15) is 4.79 Å². The number of hydrogen-bond acceptors (Lipinski definition) is 7. The molecule has 1 heterocycles. The van der Waals surface area contributed by atoms with Crippen molar-refractivity contribution in [1.29, 1.82) is 0 Å². The first-order chi connectivity index (χ1) is 10.2. The molecule has 0 saturated heterocycles. The predicted molar refractivity (Wildman–Crippen MR) is 80.0 cm³/mol. The van der Waals surface area contributed by atoms with Crippen molar-refractivity contribution in [3.05, 3.63) is 11.1 Å². The molecule has 0 aromatic carbocycles. The predicted octanol–water partition coefficient (Wildman–Crippen LogP) is 2.20. The number of nitrogens with zero attached hydrogens (tertiary/aromatic N) is 2. The van der Waals surface area contributed by atoms with Crippen molar-refractivity contribution < 1.29 is 14.4 Å². The number of aromatic nitrogens is 1. The SMILES string of the molecule is CCOC(=O)/C(=N\OC1CC2CCC1C2)c1csc(N)n1. The molecule has 0 spiro atoms. The van der Waals surface area contributed by atoms with Crippen molar-refractivity contribution in [3.8, 4) is 0 Å². The lowest BCUT2D eigenvalue weighted by Crippen LogP contribution is -2.23. The zero-order valence-corrected chi connectivity index (χ0v) is 12.8. The van der Waals surface area contributed by atoms with Crippen molar-refractivity contribution in [3.63, 3.8) is 0 Å². The molecule has 6 nitrogen and oxygen atoms in total. The van der Waals surface area contributed by atoms with Crippen LogP contribution in [0.15, 0.2) is 10.5 Å². The van der Waals surface area contributed by atoms with Crippen LogP contribution in [0, 0.1) is 11.8 Å². The van der Waals surface area contributed by atoms with Gasteiger partial charge in [-0.2, -0.15) is 0 Å². The van der Waals surface area contributed by atoms with Gasteiger partial charge in [0, 0.05) is 5.38 Å². The van der Waals surface area contributed by atoms with Gasteiger partial charge in [-0.15, -0.1) is 11.3 Å². The molecule has 21 heavy (non-hydrogen) atoms. The van der Waals surface area contributed by atoms with Crippen LogP contribution in [0.25, 0.3) is 0 Å². The van der Waals surface area contributed by atoms with Crippen LogP contribution in [0.4, 0.5) is 5.13 Å². The Morgan fingerprint density at radius 2 is 2.38 bits per heavy atom. The van der Waals surface area contributed by atoms with Gasteiger partial charge in [-0.25, -0.2) is 9.78 Å². The summed E-state index contributed by atoms with van der Waals surface area (Å²) in [5, 5.41) is 6.14. The number of fused-ring (bicyclic) bond motifs is 2. The van der Waals surface area contributed by atoms with Crippen LogP contribution >= 0.6 is 11.3 Å². The molecule has 2 N–H and O–H groups in total. The second-order valence-corrected chi connectivity index (χ2v) is 6.44. The summed E-state index contributed by atoms with van der Waals surface area (Å²) >= 11 is 1.26. The maximum atomic E-state index is 12.0. The van der Waals surface area contributed by atoms with Crippen molar-refractivity contribution in [2.75, 3.05) is 12.3 Å². The Balaban J connectivity index is 1.74. The van der Waals surface area contributed by atoms with Crippen LogP contribution < -0.4 is 5.73 Å². The zero-order chi connectivity index (χ0) is 14.8. The number of oxime groups is 1. The average molecular weight is 309 g/mol. The third-order valence-corrected chi connectivity index (χ3v) is 4.86. The van der Waals surface area contributed by atoms with E-state index in [-0.39, 0.29) is 18.4 Å². The van der Waals surface area contributed by atoms with E-state index in [1.54, 1.807) is 12.3 Å². The molecule has 2 fully saturated rings. The Labute approximate surface area is 127 Å². The minimum absolute atomic E-state index is 0.104. The van der Waals surface area contributed by atoms with Crippen molar-refractivity contribution >= 4 is 28.1 Å². The molecule has 0 amide bonds. The van der Waals surface area contributed by atoms with E-state index in [0.29, 0.717) is 16.7 Å². The monoisotopic (exact) mass is 309 g/mol. The fraction of sp³-hybridized carbons (Fsp3) is 0.643. The van der Waals surface area contributed by atoms with Gasteiger partial charge in [-0.1, -0.05) is 5.16 Å². The van der Waals surface area contributed by atoms with Gasteiger partial charge in [-0.3, -0.25) is 0 Å². The second-order valence-electron chi connectivity index (χ2n) is 5.55. The van der Waals surface area contributed by atoms with Crippen LogP contribution in [0.3, 0.4) is 0 Å². The van der Waals surface area contributed by atoms with E-state index >= 15 is 0 Å². The number of carbonyl (C=O) groups is 1. The van der Waals surface area contributed by atoms with Gasteiger partial charge in [0.2, 0.25) is 5.71 Å². The fourth-order valence-corrected chi connectivity index (χ4v) is 3.77. The van der Waals surface area contributed by atoms with Gasteiger partial charge in [0.15, 0.2) is 5.13 Å². The summed E-state index contributed by atoms with van der Waals surface area (Å²) in [6.07, 6.45) is 4.86. The molecule has 2 saturated carbocycles. The molecule has 1 aromatic rings. The van der Waals surface area contributed by atoms with E-state index in [4.69, 9.17) is 15.3 Å². The highest BCUT2D eigenvalue weighted by Gasteiger charge is 2.41. The van der Waals surface area contributed by atoms with Gasteiger partial charge in [-0.05, 0) is 44.4 Å². The maximum Gasteiger partial charge on any atom is 0.362 e. The Kier molecular flexibility index (Phi) is 4.10. The first kappa shape index (κ1) is 14.3. The van der Waals surface area contributed by atoms with Crippen molar-refractivity contribution in [2.45, 2.75) is 38.7 Å². The summed E-state index contributed by atoms with van der Waals surface area (Å²) in [4.78, 5) is 21.7. The number of nitrogen functional groups attached to an aromatic ring is 1. The molecule has 2 aliphatic carbocycles. The largest absolute Gasteiger partial charge is 0.461 e. The first-order valence-corrected chi connectivity index (χ1v) is 8.17. The lowest BCUT2D eigenvalue weighted by atomic mass is 9.98. The maximum absolute atomic E-state index is 12.0. The lowest BCUT2D eigenvalue weighted by molar-refractivity contribution is -0.135. The first-order valence-electron chi connectivity index (χ1n) is 7.29. The number of hydrogen-bond donors (Lipinski definition) is 1. The number of esters is 1. The number of carbonyl (C=O) groups excluding carboxylic acids is 1. The third-order valence-electron chi connectivity index (χ3n) is 4.19. The Bertz CT molecular complexity index is 557. The number of thiazole rings is 1. The Hall–Kier alpha value is -1.63. The second kappa shape index (κ2) is 6.01. The molecule has 3 atom stereocenters. The molecule has 2 aliphatic rings. The molecular formula is C14H19N3O3S. The Morgan fingerprint density at radius 1 is 1.52 bits per heavy atom. The standard InChI is InChI=1S/C14H19N3O3S/c1-2-19-13(18)12(10-7-21-14(15)16-10)17-20-11-6-8-3-4-9(11)5-8/h7-9,11H,2-6H2,1H3,(H2,15,16)/b17-12-. The molecular weight excluding hydrogens is 290 g/mol. The van der Waals surface area contributed by atoms with Crippen molar-refractivity contribution in [1.82, 2.24) is 4.98 Å². The van der Waals surface area contributed by atoms with Crippen LogP contribution in [-0.2, 0) is 14.4 Å². The van der Waals surface area contributed by atoms with Gasteiger partial charge >= 0.3 is 5.97 Å². The summed E-state index contributed by atoms with van der Waals surface area (Å²) in [6.45, 7) is 2.04. The zero-order valence-electron chi connectivity index (χ0n) is 11.9. The highest BCUT2D eigenvalue weighted by Crippen LogP contribution is 2.45. The Morgan fingerprint density at radius 3 is 2.95 bits per heavy atom. The summed E-state index contributed by atoms with van der Waals surface area (Å²) in [7, 11) is 0. The number of nitrogens with two attached hydrogens (primary N) is 1. The highest BCUT2D eigenvalue weighted by molar-refractivity contribution is 7.13. The van der Waals surface area contributed by atoms with E-state index < -0.39 is 5.97 Å². The molecule has 0 aliphatic heterocycles. The minimum Gasteiger partial charge on any atom is -0.461 e. The molecule has 114 valence electrons. The molecule has 3 unspecified atom stereocenters. The van der Waals surface area contributed by atoms with Gasteiger partial charge in [0.1, 0.15) is 11.8 Å². The van der Waals surface area contributed by atoms with Crippen LogP contribution in [-0.4, -0.2) is 29.4 Å². The average Bonchev–Trinajstić information content (AvgIpc) is 3.16. The molecule has 2 bridgehead atoms. The normalized spacial score (nSPS) is 27.9. The fourth-order valence-electron chi connectivity index (χ4n) is 3.22. The summed E-state index contributed by atoms with van der Waals surface area (Å²) in [5.74, 6) is 0.810. The number of rotatable bonds is 5.